The van der Waals surface area contributed by atoms with Gasteiger partial charge in [0.2, 0.25) is 0 Å². The van der Waals surface area contributed by atoms with E-state index in [0.29, 0.717) is 0 Å². The number of rotatable bonds is 8. The van der Waals surface area contributed by atoms with E-state index in [1.807, 2.05) is 18.2 Å². The van der Waals surface area contributed by atoms with Gasteiger partial charge in [-0.05, 0) is 29.3 Å². The molecule has 1 N–H and O–H groups in total. The molecule has 6 heteroatoms. The molecule has 6 nitrogen and oxygen atoms in total. The zero-order valence-corrected chi connectivity index (χ0v) is 17.0. The van der Waals surface area contributed by atoms with Gasteiger partial charge in [-0.1, -0.05) is 18.2 Å². The van der Waals surface area contributed by atoms with Gasteiger partial charge in [0.1, 0.15) is 5.75 Å². The summed E-state index contributed by atoms with van der Waals surface area (Å²) >= 11 is 0. The molecule has 2 aromatic carbocycles. The largest absolute Gasteiger partial charge is 0.496 e. The average molecular weight is 386 g/mol. The van der Waals surface area contributed by atoms with Crippen molar-refractivity contribution in [1.29, 1.82) is 0 Å². The lowest BCUT2D eigenvalue weighted by Gasteiger charge is -2.35. The summed E-state index contributed by atoms with van der Waals surface area (Å²) < 4.78 is 16.1. The van der Waals surface area contributed by atoms with Crippen LogP contribution in [0.25, 0.3) is 0 Å². The Morgan fingerprint density at radius 2 is 1.21 bits per heavy atom. The minimum atomic E-state index is -0.00171. The van der Waals surface area contributed by atoms with E-state index in [2.05, 4.69) is 28.0 Å². The Bertz CT molecular complexity index is 708. The van der Waals surface area contributed by atoms with Crippen LogP contribution in [0.15, 0.2) is 36.4 Å². The second kappa shape index (κ2) is 9.78. The van der Waals surface area contributed by atoms with Crippen LogP contribution in [0.5, 0.6) is 17.2 Å². The van der Waals surface area contributed by atoms with Gasteiger partial charge < -0.3 is 19.3 Å². The Balaban J connectivity index is 1.53. The zero-order chi connectivity index (χ0) is 19.9. The van der Waals surface area contributed by atoms with E-state index in [4.69, 9.17) is 14.2 Å². The summed E-state index contributed by atoms with van der Waals surface area (Å²) in [7, 11) is 4.97. The normalized spacial score (nSPS) is 15.4. The number of aliphatic hydroxyl groups excluding tert-OH is 1. The number of ether oxygens (including phenoxy) is 3. The van der Waals surface area contributed by atoms with Crippen LogP contribution in [-0.2, 0) is 19.7 Å². The SMILES string of the molecule is COc1cc(CN2CCN(Cc3ccc(OC)c(OC)c3)CC2)ccc1CO. The lowest BCUT2D eigenvalue weighted by Crippen LogP contribution is -2.45. The second-order valence-electron chi connectivity index (χ2n) is 7.05. The smallest absolute Gasteiger partial charge is 0.161 e. The molecule has 0 unspecified atom stereocenters. The van der Waals surface area contributed by atoms with Crippen LogP contribution >= 0.6 is 0 Å². The second-order valence-corrected chi connectivity index (χ2v) is 7.05. The van der Waals surface area contributed by atoms with Crippen LogP contribution in [0.1, 0.15) is 16.7 Å². The van der Waals surface area contributed by atoms with Gasteiger partial charge in [0, 0.05) is 44.8 Å². The predicted molar refractivity (Wildman–Crippen MR) is 109 cm³/mol. The summed E-state index contributed by atoms with van der Waals surface area (Å²) in [6, 6.07) is 12.2. The number of piperazine rings is 1. The molecule has 28 heavy (non-hydrogen) atoms. The van der Waals surface area contributed by atoms with Gasteiger partial charge in [-0.15, -0.1) is 0 Å². The highest BCUT2D eigenvalue weighted by molar-refractivity contribution is 5.43. The third kappa shape index (κ3) is 4.95. The number of hydrogen-bond acceptors (Lipinski definition) is 6. The van der Waals surface area contributed by atoms with Gasteiger partial charge in [-0.25, -0.2) is 0 Å². The molecule has 0 spiro atoms. The molecule has 1 saturated heterocycles. The van der Waals surface area contributed by atoms with Crippen molar-refractivity contribution < 1.29 is 19.3 Å². The van der Waals surface area contributed by atoms with Crippen molar-refractivity contribution >= 4 is 0 Å². The molecule has 3 rings (SSSR count). The van der Waals surface area contributed by atoms with E-state index in [1.54, 1.807) is 21.3 Å². The molecule has 0 aromatic heterocycles. The number of hydrogen-bond donors (Lipinski definition) is 1. The van der Waals surface area contributed by atoms with Crippen molar-refractivity contribution in [1.82, 2.24) is 9.80 Å². The highest BCUT2D eigenvalue weighted by atomic mass is 16.5. The van der Waals surface area contributed by atoms with Crippen molar-refractivity contribution in [2.24, 2.45) is 0 Å². The lowest BCUT2D eigenvalue weighted by atomic mass is 10.1. The highest BCUT2D eigenvalue weighted by Crippen LogP contribution is 2.28. The summed E-state index contributed by atoms with van der Waals surface area (Å²) in [6.45, 7) is 5.91. The van der Waals surface area contributed by atoms with E-state index in [1.165, 1.54) is 11.1 Å². The van der Waals surface area contributed by atoms with Gasteiger partial charge in [-0.3, -0.25) is 9.80 Å². The molecule has 1 fully saturated rings. The van der Waals surface area contributed by atoms with Crippen LogP contribution in [0.3, 0.4) is 0 Å². The maximum Gasteiger partial charge on any atom is 0.161 e. The van der Waals surface area contributed by atoms with E-state index < -0.39 is 0 Å². The maximum absolute atomic E-state index is 9.36. The molecule has 1 aliphatic heterocycles. The third-order valence-electron chi connectivity index (χ3n) is 5.25. The van der Waals surface area contributed by atoms with Crippen LogP contribution < -0.4 is 14.2 Å². The first kappa shape index (κ1) is 20.5. The first-order valence-electron chi connectivity index (χ1n) is 9.59. The molecule has 0 saturated carbocycles. The molecule has 1 heterocycles. The van der Waals surface area contributed by atoms with Gasteiger partial charge in [-0.2, -0.15) is 0 Å². The Morgan fingerprint density at radius 1 is 0.714 bits per heavy atom. The Kier molecular flexibility index (Phi) is 7.14. The summed E-state index contributed by atoms with van der Waals surface area (Å²) in [5.74, 6) is 2.30. The summed E-state index contributed by atoms with van der Waals surface area (Å²) in [5, 5.41) is 9.36. The molecular formula is C22H30N2O4. The molecule has 0 bridgehead atoms. The lowest BCUT2D eigenvalue weighted by molar-refractivity contribution is 0.122. The van der Waals surface area contributed by atoms with Crippen LogP contribution in [0.2, 0.25) is 0 Å². The Hall–Kier alpha value is -2.28. The minimum absolute atomic E-state index is 0.00171. The topological polar surface area (TPSA) is 54.4 Å². The first-order chi connectivity index (χ1) is 13.7. The van der Waals surface area contributed by atoms with E-state index in [-0.39, 0.29) is 6.61 Å². The summed E-state index contributed by atoms with van der Waals surface area (Å²) in [4.78, 5) is 4.92. The van der Waals surface area contributed by atoms with Gasteiger partial charge in [0.25, 0.3) is 0 Å². The monoisotopic (exact) mass is 386 g/mol. The predicted octanol–water partition coefficient (Wildman–Crippen LogP) is 2.52. The third-order valence-corrected chi connectivity index (χ3v) is 5.25. The number of benzene rings is 2. The van der Waals surface area contributed by atoms with Gasteiger partial charge in [0.15, 0.2) is 11.5 Å². The molecule has 0 aliphatic carbocycles. The van der Waals surface area contributed by atoms with E-state index in [9.17, 15) is 5.11 Å². The molecule has 2 aromatic rings. The summed E-state index contributed by atoms with van der Waals surface area (Å²) in [6.07, 6.45) is 0. The quantitative estimate of drug-likeness (QED) is 0.752. The fourth-order valence-corrected chi connectivity index (χ4v) is 3.62. The van der Waals surface area contributed by atoms with E-state index >= 15 is 0 Å². The highest BCUT2D eigenvalue weighted by Gasteiger charge is 2.18. The Morgan fingerprint density at radius 3 is 1.71 bits per heavy atom. The van der Waals surface area contributed by atoms with Crippen molar-refractivity contribution in [3.63, 3.8) is 0 Å². The molecule has 0 radical (unpaired) electrons. The van der Waals surface area contributed by atoms with Crippen LogP contribution in [0, 0.1) is 0 Å². The van der Waals surface area contributed by atoms with Crippen molar-refractivity contribution in [3.05, 3.63) is 53.1 Å². The van der Waals surface area contributed by atoms with Gasteiger partial charge in [0.05, 0.1) is 27.9 Å². The maximum atomic E-state index is 9.36. The van der Waals surface area contributed by atoms with Gasteiger partial charge >= 0.3 is 0 Å². The standard InChI is InChI=1S/C22H30N2O4/c1-26-20-7-5-18(13-22(20)28-3)15-24-10-8-23(9-11-24)14-17-4-6-19(16-25)21(12-17)27-2/h4-7,12-13,25H,8-11,14-16H2,1-3H3. The summed E-state index contributed by atoms with van der Waals surface area (Å²) in [5.41, 5.74) is 3.27. The minimum Gasteiger partial charge on any atom is -0.496 e. The molecule has 0 amide bonds. The molecule has 1 aliphatic rings. The van der Waals surface area contributed by atoms with Crippen LogP contribution in [0.4, 0.5) is 0 Å². The average Bonchev–Trinajstić information content (AvgIpc) is 2.74. The van der Waals surface area contributed by atoms with Crippen molar-refractivity contribution in [2.45, 2.75) is 19.7 Å². The fraction of sp³-hybridized carbons (Fsp3) is 0.455. The zero-order valence-electron chi connectivity index (χ0n) is 17.0. The molecule has 0 atom stereocenters. The van der Waals surface area contributed by atoms with Crippen molar-refractivity contribution in [3.8, 4) is 17.2 Å². The molecule has 152 valence electrons. The number of nitrogens with zero attached hydrogens (tertiary/aromatic N) is 2. The Labute approximate surface area is 167 Å². The van der Waals surface area contributed by atoms with Crippen molar-refractivity contribution in [2.75, 3.05) is 47.5 Å². The number of methoxy groups -OCH3 is 3. The first-order valence-corrected chi connectivity index (χ1v) is 9.59. The number of aliphatic hydroxyl groups is 1. The molecular weight excluding hydrogens is 356 g/mol. The van der Waals surface area contributed by atoms with E-state index in [0.717, 1.165) is 62.1 Å². The fourth-order valence-electron chi connectivity index (χ4n) is 3.62. The van der Waals surface area contributed by atoms with Crippen LogP contribution in [-0.4, -0.2) is 62.4 Å².